The molecule has 0 spiro atoms. The van der Waals surface area contributed by atoms with E-state index in [0.717, 1.165) is 5.92 Å². The minimum absolute atomic E-state index is 0.0974. The lowest BCUT2D eigenvalue weighted by atomic mass is 9.73. The molecular formula is C16H25N5O3. The van der Waals surface area contributed by atoms with Crippen LogP contribution in [-0.2, 0) is 16.2 Å². The van der Waals surface area contributed by atoms with Crippen LogP contribution in [-0.4, -0.2) is 38.5 Å². The zero-order valence-corrected chi connectivity index (χ0v) is 13.8. The molecule has 0 radical (unpaired) electrons. The Morgan fingerprint density at radius 3 is 2.71 bits per heavy atom. The van der Waals surface area contributed by atoms with Gasteiger partial charge in [0.15, 0.2) is 0 Å². The summed E-state index contributed by atoms with van der Waals surface area (Å²) in [5.74, 6) is 0.119. The van der Waals surface area contributed by atoms with Gasteiger partial charge in [0.05, 0.1) is 12.8 Å². The number of aliphatic hydroxyl groups is 1. The molecule has 0 saturated heterocycles. The van der Waals surface area contributed by atoms with Gasteiger partial charge in [-0.1, -0.05) is 11.6 Å². The van der Waals surface area contributed by atoms with E-state index in [-0.39, 0.29) is 25.4 Å². The van der Waals surface area contributed by atoms with E-state index in [1.54, 1.807) is 0 Å². The number of nitrogens with two attached hydrogens (primary N) is 1. The number of primary amides is 1. The van der Waals surface area contributed by atoms with Crippen molar-refractivity contribution in [1.82, 2.24) is 20.3 Å². The Morgan fingerprint density at radius 1 is 1.46 bits per heavy atom. The molecule has 24 heavy (non-hydrogen) atoms. The van der Waals surface area contributed by atoms with Crippen LogP contribution in [0.5, 0.6) is 0 Å². The lowest BCUT2D eigenvalue weighted by molar-refractivity contribution is -0.125. The third-order valence-corrected chi connectivity index (χ3v) is 5.48. The number of aromatic nitrogens is 3. The first-order valence-electron chi connectivity index (χ1n) is 8.62. The molecule has 8 heteroatoms. The van der Waals surface area contributed by atoms with Gasteiger partial charge in [-0.15, -0.1) is 5.10 Å². The van der Waals surface area contributed by atoms with Crippen LogP contribution in [0.3, 0.4) is 0 Å². The summed E-state index contributed by atoms with van der Waals surface area (Å²) < 4.78 is 1.41. The van der Waals surface area contributed by atoms with Gasteiger partial charge in [-0.2, -0.15) is 0 Å². The van der Waals surface area contributed by atoms with E-state index in [0.29, 0.717) is 17.7 Å². The Labute approximate surface area is 140 Å². The fourth-order valence-electron chi connectivity index (χ4n) is 3.49. The van der Waals surface area contributed by atoms with Gasteiger partial charge >= 0.3 is 0 Å². The molecule has 1 heterocycles. The first-order chi connectivity index (χ1) is 11.5. The normalized spacial score (nSPS) is 20.2. The highest BCUT2D eigenvalue weighted by Crippen LogP contribution is 2.58. The highest BCUT2D eigenvalue weighted by molar-refractivity contribution is 5.81. The average Bonchev–Trinajstić information content (AvgIpc) is 3.11. The maximum absolute atomic E-state index is 12.6. The summed E-state index contributed by atoms with van der Waals surface area (Å²) in [5.41, 5.74) is 5.89. The number of rotatable bonds is 9. The highest BCUT2D eigenvalue weighted by atomic mass is 16.3. The van der Waals surface area contributed by atoms with E-state index in [9.17, 15) is 9.59 Å². The fourth-order valence-corrected chi connectivity index (χ4v) is 3.49. The Balaban J connectivity index is 1.62. The van der Waals surface area contributed by atoms with Gasteiger partial charge in [0, 0.05) is 13.0 Å². The number of nitrogens with one attached hydrogen (secondary N) is 1. The Morgan fingerprint density at radius 2 is 2.21 bits per heavy atom. The molecule has 2 amide bonds. The SMILES string of the molecule is NC(=O)CCC(C(=O)NCC1(C2CCC2)CC1)n1cc(CO)nn1. The van der Waals surface area contributed by atoms with Crippen LogP contribution < -0.4 is 11.1 Å². The maximum atomic E-state index is 12.6. The summed E-state index contributed by atoms with van der Waals surface area (Å²) in [6.07, 6.45) is 8.10. The van der Waals surface area contributed by atoms with Crippen molar-refractivity contribution in [3.63, 3.8) is 0 Å². The van der Waals surface area contributed by atoms with Gasteiger partial charge in [-0.25, -0.2) is 4.68 Å². The number of hydrogen-bond donors (Lipinski definition) is 3. The number of carbonyl (C=O) groups is 2. The van der Waals surface area contributed by atoms with E-state index in [1.807, 2.05) is 0 Å². The van der Waals surface area contributed by atoms with E-state index in [1.165, 1.54) is 43.0 Å². The van der Waals surface area contributed by atoms with E-state index >= 15 is 0 Å². The molecule has 2 fully saturated rings. The van der Waals surface area contributed by atoms with Crippen molar-refractivity contribution < 1.29 is 14.7 Å². The molecule has 4 N–H and O–H groups in total. The van der Waals surface area contributed by atoms with Crippen molar-refractivity contribution >= 4 is 11.8 Å². The van der Waals surface area contributed by atoms with Crippen LogP contribution in [0.1, 0.15) is 56.7 Å². The summed E-state index contributed by atoms with van der Waals surface area (Å²) in [6, 6.07) is -0.637. The van der Waals surface area contributed by atoms with Gasteiger partial charge in [0.25, 0.3) is 0 Å². The number of amides is 2. The van der Waals surface area contributed by atoms with Gasteiger partial charge in [0.2, 0.25) is 11.8 Å². The molecule has 1 unspecified atom stereocenters. The summed E-state index contributed by atoms with van der Waals surface area (Å²) in [6.45, 7) is 0.445. The highest BCUT2D eigenvalue weighted by Gasteiger charge is 2.51. The predicted molar refractivity (Wildman–Crippen MR) is 85.4 cm³/mol. The maximum Gasteiger partial charge on any atom is 0.244 e. The van der Waals surface area contributed by atoms with Crippen LogP contribution >= 0.6 is 0 Å². The molecule has 3 rings (SSSR count). The minimum atomic E-state index is -0.637. The second-order valence-electron chi connectivity index (χ2n) is 7.08. The minimum Gasteiger partial charge on any atom is -0.390 e. The smallest absolute Gasteiger partial charge is 0.244 e. The van der Waals surface area contributed by atoms with Crippen molar-refractivity contribution in [2.75, 3.05) is 6.54 Å². The van der Waals surface area contributed by atoms with E-state index in [4.69, 9.17) is 10.8 Å². The summed E-state index contributed by atoms with van der Waals surface area (Å²) in [5, 5.41) is 19.9. The molecule has 8 nitrogen and oxygen atoms in total. The van der Waals surface area contributed by atoms with Crippen LogP contribution in [0, 0.1) is 11.3 Å². The Kier molecular flexibility index (Phi) is 4.84. The topological polar surface area (TPSA) is 123 Å². The number of hydrogen-bond acceptors (Lipinski definition) is 5. The third kappa shape index (κ3) is 3.58. The zero-order chi connectivity index (χ0) is 17.2. The Hall–Kier alpha value is -1.96. The molecule has 132 valence electrons. The molecule has 1 aromatic rings. The quantitative estimate of drug-likeness (QED) is 0.598. The van der Waals surface area contributed by atoms with Crippen molar-refractivity contribution in [3.8, 4) is 0 Å². The van der Waals surface area contributed by atoms with E-state index < -0.39 is 11.9 Å². The van der Waals surface area contributed by atoms with Crippen LogP contribution in [0.2, 0.25) is 0 Å². The van der Waals surface area contributed by atoms with Crippen LogP contribution in [0.15, 0.2) is 6.20 Å². The lowest BCUT2D eigenvalue weighted by Gasteiger charge is -2.34. The molecule has 2 aliphatic carbocycles. The molecule has 1 aromatic heterocycles. The van der Waals surface area contributed by atoms with Crippen molar-refractivity contribution in [3.05, 3.63) is 11.9 Å². The van der Waals surface area contributed by atoms with Gasteiger partial charge in [-0.05, 0) is 43.4 Å². The molecule has 0 aliphatic heterocycles. The number of nitrogens with zero attached hydrogens (tertiary/aromatic N) is 3. The third-order valence-electron chi connectivity index (χ3n) is 5.48. The van der Waals surface area contributed by atoms with Crippen molar-refractivity contribution in [2.24, 2.45) is 17.1 Å². The molecule has 0 bridgehead atoms. The Bertz CT molecular complexity index is 607. The number of aliphatic hydroxyl groups excluding tert-OH is 1. The zero-order valence-electron chi connectivity index (χ0n) is 13.8. The lowest BCUT2D eigenvalue weighted by Crippen LogP contribution is -2.40. The molecular weight excluding hydrogens is 310 g/mol. The molecule has 0 aromatic carbocycles. The van der Waals surface area contributed by atoms with Crippen LogP contribution in [0.25, 0.3) is 0 Å². The van der Waals surface area contributed by atoms with Crippen molar-refractivity contribution in [1.29, 1.82) is 0 Å². The van der Waals surface area contributed by atoms with E-state index in [2.05, 4.69) is 15.6 Å². The summed E-state index contributed by atoms with van der Waals surface area (Å²) >= 11 is 0. The first-order valence-corrected chi connectivity index (χ1v) is 8.62. The van der Waals surface area contributed by atoms with Crippen LogP contribution in [0.4, 0.5) is 0 Å². The molecule has 2 aliphatic rings. The number of carbonyl (C=O) groups excluding carboxylic acids is 2. The summed E-state index contributed by atoms with van der Waals surface area (Å²) in [4.78, 5) is 23.7. The monoisotopic (exact) mass is 335 g/mol. The largest absolute Gasteiger partial charge is 0.390 e. The summed E-state index contributed by atoms with van der Waals surface area (Å²) in [7, 11) is 0. The predicted octanol–water partition coefficient (Wildman–Crippen LogP) is 0.273. The van der Waals surface area contributed by atoms with Gasteiger partial charge < -0.3 is 16.2 Å². The van der Waals surface area contributed by atoms with Gasteiger partial charge in [0.1, 0.15) is 11.7 Å². The molecule has 2 saturated carbocycles. The average molecular weight is 335 g/mol. The van der Waals surface area contributed by atoms with Gasteiger partial charge in [-0.3, -0.25) is 9.59 Å². The molecule has 1 atom stereocenters. The first kappa shape index (κ1) is 16.9. The second-order valence-corrected chi connectivity index (χ2v) is 7.08. The standard InChI is InChI=1S/C16H25N5O3/c17-14(23)5-4-13(21-8-12(9-22)19-20-21)15(24)18-10-16(6-7-16)11-2-1-3-11/h8,11,13,22H,1-7,9-10H2,(H2,17,23)(H,18,24). The van der Waals surface area contributed by atoms with Crippen molar-refractivity contribution in [2.45, 2.75) is 57.6 Å². The fraction of sp³-hybridized carbons (Fsp3) is 0.750. The second kappa shape index (κ2) is 6.88.